The maximum atomic E-state index is 5.53. The second kappa shape index (κ2) is 10.6. The molecular formula is C11H29NO2Si. The summed E-state index contributed by atoms with van der Waals surface area (Å²) in [5.41, 5.74) is 5.58. The van der Waals surface area contributed by atoms with Gasteiger partial charge in [0.1, 0.15) is 0 Å². The molecule has 0 aromatic rings. The molecule has 0 aromatic carbocycles. The Morgan fingerprint density at radius 3 is 1.73 bits per heavy atom. The summed E-state index contributed by atoms with van der Waals surface area (Å²) in [4.78, 5) is 0. The zero-order chi connectivity index (χ0) is 12.3. The van der Waals surface area contributed by atoms with Crippen molar-refractivity contribution in [2.75, 3.05) is 14.2 Å². The summed E-state index contributed by atoms with van der Waals surface area (Å²) < 4.78 is 10.2. The Morgan fingerprint density at radius 1 is 1.13 bits per heavy atom. The van der Waals surface area contributed by atoms with Crippen LogP contribution in [0.3, 0.4) is 0 Å². The molecule has 2 N–H and O–H groups in total. The van der Waals surface area contributed by atoms with Crippen LogP contribution < -0.4 is 5.73 Å². The van der Waals surface area contributed by atoms with Crippen molar-refractivity contribution in [2.45, 2.75) is 58.5 Å². The molecule has 0 aliphatic carbocycles. The van der Waals surface area contributed by atoms with Crippen molar-refractivity contribution in [3.8, 4) is 0 Å². The van der Waals surface area contributed by atoms with Crippen molar-refractivity contribution >= 4 is 9.28 Å². The van der Waals surface area contributed by atoms with Crippen LogP contribution >= 0.6 is 0 Å². The Balaban J connectivity index is 0. The number of hydrogen-bond donors (Lipinski definition) is 1. The van der Waals surface area contributed by atoms with E-state index >= 15 is 0 Å². The Morgan fingerprint density at radius 2 is 1.53 bits per heavy atom. The van der Waals surface area contributed by atoms with Crippen molar-refractivity contribution in [3.05, 3.63) is 0 Å². The van der Waals surface area contributed by atoms with Gasteiger partial charge in [0, 0.05) is 19.8 Å². The van der Waals surface area contributed by atoms with E-state index in [1.54, 1.807) is 14.2 Å². The highest BCUT2D eigenvalue weighted by atomic mass is 28.3. The van der Waals surface area contributed by atoms with Crippen LogP contribution in [0.15, 0.2) is 0 Å². The first kappa shape index (κ1) is 17.5. The van der Waals surface area contributed by atoms with E-state index in [0.29, 0.717) is 0 Å². The van der Waals surface area contributed by atoms with Crippen LogP contribution in [0.25, 0.3) is 0 Å². The zero-order valence-corrected chi connectivity index (χ0v) is 12.5. The van der Waals surface area contributed by atoms with Gasteiger partial charge in [-0.05, 0) is 26.3 Å². The number of unbranched alkanes of at least 4 members (excludes halogenated alkanes) is 1. The van der Waals surface area contributed by atoms with Crippen LogP contribution in [0.1, 0.15) is 47.0 Å². The largest absolute Gasteiger partial charge is 0.400 e. The molecule has 0 radical (unpaired) electrons. The van der Waals surface area contributed by atoms with Crippen molar-refractivity contribution < 1.29 is 8.85 Å². The molecule has 3 nitrogen and oxygen atoms in total. The number of rotatable bonds is 6. The normalized spacial score (nSPS) is 11.2. The molecule has 0 aliphatic heterocycles. The van der Waals surface area contributed by atoms with Crippen molar-refractivity contribution in [1.29, 1.82) is 0 Å². The Labute approximate surface area is 97.2 Å². The minimum Gasteiger partial charge on any atom is -0.400 e. The molecule has 0 unspecified atom stereocenters. The Kier molecular flexibility index (Phi) is 12.4. The first-order valence-electron chi connectivity index (χ1n) is 5.75. The minimum atomic E-state index is -1.21. The first-order chi connectivity index (χ1) is 6.91. The molecule has 0 bridgehead atoms. The Bertz CT molecular complexity index is 122. The second-order valence-electron chi connectivity index (χ2n) is 4.39. The molecule has 0 saturated carbocycles. The highest BCUT2D eigenvalue weighted by Crippen LogP contribution is 2.01. The maximum Gasteiger partial charge on any atom is 0.320 e. The topological polar surface area (TPSA) is 44.5 Å². The molecule has 0 atom stereocenters. The zero-order valence-electron chi connectivity index (χ0n) is 11.3. The fourth-order valence-corrected chi connectivity index (χ4v) is 2.11. The molecule has 4 heteroatoms. The van der Waals surface area contributed by atoms with Gasteiger partial charge in [0.05, 0.1) is 0 Å². The van der Waals surface area contributed by atoms with E-state index in [0.717, 1.165) is 12.5 Å². The van der Waals surface area contributed by atoms with Gasteiger partial charge in [0.2, 0.25) is 0 Å². The molecule has 94 valence electrons. The molecule has 0 fully saturated rings. The van der Waals surface area contributed by atoms with Crippen LogP contribution in [-0.4, -0.2) is 29.0 Å². The van der Waals surface area contributed by atoms with Gasteiger partial charge in [-0.3, -0.25) is 0 Å². The van der Waals surface area contributed by atoms with Crippen LogP contribution in [0.2, 0.25) is 6.04 Å². The van der Waals surface area contributed by atoms with Gasteiger partial charge in [-0.25, -0.2) is 0 Å². The average Bonchev–Trinajstić information content (AvgIpc) is 2.19. The fourth-order valence-electron chi connectivity index (χ4n) is 0.703. The molecule has 0 aromatic heterocycles. The summed E-state index contributed by atoms with van der Waals surface area (Å²) in [7, 11) is 2.25. The molecule has 0 saturated heterocycles. The van der Waals surface area contributed by atoms with E-state index in [-0.39, 0.29) is 5.54 Å². The quantitative estimate of drug-likeness (QED) is 0.719. The lowest BCUT2D eigenvalue weighted by Crippen LogP contribution is -2.30. The number of nitrogens with two attached hydrogens (primary N) is 1. The van der Waals surface area contributed by atoms with Gasteiger partial charge >= 0.3 is 9.28 Å². The minimum absolute atomic E-state index is 0.0417. The van der Waals surface area contributed by atoms with Crippen LogP contribution in [0.4, 0.5) is 0 Å². The van der Waals surface area contributed by atoms with E-state index in [9.17, 15) is 0 Å². The van der Waals surface area contributed by atoms with Gasteiger partial charge in [0.25, 0.3) is 0 Å². The molecule has 0 heterocycles. The SMILES string of the molecule is CCC(C)(C)N.CCCC[SiH](OC)OC. The lowest BCUT2D eigenvalue weighted by Gasteiger charge is -2.13. The van der Waals surface area contributed by atoms with Crippen LogP contribution in [0.5, 0.6) is 0 Å². The summed E-state index contributed by atoms with van der Waals surface area (Å²) in [6.07, 6.45) is 3.52. The van der Waals surface area contributed by atoms with Gasteiger partial charge < -0.3 is 14.6 Å². The third-order valence-electron chi connectivity index (χ3n) is 2.23. The maximum absolute atomic E-state index is 5.53. The van der Waals surface area contributed by atoms with E-state index < -0.39 is 9.28 Å². The molecule has 15 heavy (non-hydrogen) atoms. The standard InChI is InChI=1S/C6H16O2Si.C5H13N/c1-4-5-6-9(7-2)8-3;1-4-5(2,3)6/h9H,4-6H2,1-3H3;4,6H2,1-3H3. The molecule has 0 rings (SSSR count). The summed E-state index contributed by atoms with van der Waals surface area (Å²) in [5.74, 6) is 0. The summed E-state index contributed by atoms with van der Waals surface area (Å²) in [5, 5.41) is 0. The average molecular weight is 235 g/mol. The first-order valence-corrected chi connectivity index (χ1v) is 7.51. The van der Waals surface area contributed by atoms with E-state index in [1.807, 2.05) is 13.8 Å². The van der Waals surface area contributed by atoms with Crippen molar-refractivity contribution in [1.82, 2.24) is 0 Å². The summed E-state index contributed by atoms with van der Waals surface area (Å²) in [6, 6.07) is 1.14. The number of hydrogen-bond acceptors (Lipinski definition) is 3. The van der Waals surface area contributed by atoms with Gasteiger partial charge in [-0.2, -0.15) is 0 Å². The van der Waals surface area contributed by atoms with Crippen molar-refractivity contribution in [3.63, 3.8) is 0 Å². The smallest absolute Gasteiger partial charge is 0.320 e. The highest BCUT2D eigenvalue weighted by Gasteiger charge is 2.06. The van der Waals surface area contributed by atoms with E-state index in [2.05, 4.69) is 13.8 Å². The lowest BCUT2D eigenvalue weighted by atomic mass is 10.1. The van der Waals surface area contributed by atoms with Gasteiger partial charge in [0.15, 0.2) is 0 Å². The Hall–Kier alpha value is 0.0969. The predicted octanol–water partition coefficient (Wildman–Crippen LogP) is 2.43. The van der Waals surface area contributed by atoms with Crippen LogP contribution in [-0.2, 0) is 8.85 Å². The third kappa shape index (κ3) is 16.8. The highest BCUT2D eigenvalue weighted by molar-refractivity contribution is 6.44. The van der Waals surface area contributed by atoms with Crippen molar-refractivity contribution in [2.24, 2.45) is 5.73 Å². The lowest BCUT2D eigenvalue weighted by molar-refractivity contribution is 0.276. The van der Waals surface area contributed by atoms with Crippen LogP contribution in [0, 0.1) is 0 Å². The van der Waals surface area contributed by atoms with E-state index in [4.69, 9.17) is 14.6 Å². The fraction of sp³-hybridized carbons (Fsp3) is 1.00. The monoisotopic (exact) mass is 235 g/mol. The van der Waals surface area contributed by atoms with Gasteiger partial charge in [-0.15, -0.1) is 0 Å². The van der Waals surface area contributed by atoms with Gasteiger partial charge in [-0.1, -0.05) is 26.7 Å². The van der Waals surface area contributed by atoms with E-state index in [1.165, 1.54) is 12.8 Å². The predicted molar refractivity (Wildman–Crippen MR) is 69.4 cm³/mol. The molecular weight excluding hydrogens is 206 g/mol. The third-order valence-corrected chi connectivity index (χ3v) is 4.16. The molecule has 0 aliphatic rings. The molecule has 0 spiro atoms. The molecule has 0 amide bonds. The summed E-state index contributed by atoms with van der Waals surface area (Å²) in [6.45, 7) is 8.30. The summed E-state index contributed by atoms with van der Waals surface area (Å²) >= 11 is 0. The second-order valence-corrected chi connectivity index (χ2v) is 6.76.